The molecule has 0 unspecified atom stereocenters. The van der Waals surface area contributed by atoms with Gasteiger partial charge in [-0.25, -0.2) is 8.78 Å². The standard InChI is InChI=1S/C12H14F2N2/c1-12(2,3)7-16-11-9(13)4-8(6-15)5-10(11)14/h4-5,16H,7H2,1-3H3. The van der Waals surface area contributed by atoms with Crippen LogP contribution in [0.5, 0.6) is 0 Å². The number of hydrogen-bond donors (Lipinski definition) is 1. The van der Waals surface area contributed by atoms with Crippen molar-refractivity contribution >= 4 is 5.69 Å². The third-order valence-electron chi connectivity index (χ3n) is 1.97. The molecule has 0 atom stereocenters. The summed E-state index contributed by atoms with van der Waals surface area (Å²) in [5, 5.41) is 11.2. The summed E-state index contributed by atoms with van der Waals surface area (Å²) in [6.45, 7) is 6.32. The average Bonchev–Trinajstić information content (AvgIpc) is 2.14. The molecule has 1 aromatic rings. The SMILES string of the molecule is CC(C)(C)CNc1c(F)cc(C#N)cc1F. The molecular formula is C12H14F2N2. The number of halogens is 2. The van der Waals surface area contributed by atoms with E-state index in [2.05, 4.69) is 5.32 Å². The molecule has 0 spiro atoms. The van der Waals surface area contributed by atoms with E-state index in [1.165, 1.54) is 0 Å². The normalized spacial score (nSPS) is 11.0. The van der Waals surface area contributed by atoms with Gasteiger partial charge in [-0.1, -0.05) is 20.8 Å². The molecule has 0 fully saturated rings. The summed E-state index contributed by atoms with van der Waals surface area (Å²) in [6.07, 6.45) is 0. The Morgan fingerprint density at radius 1 is 1.25 bits per heavy atom. The zero-order chi connectivity index (χ0) is 12.3. The highest BCUT2D eigenvalue weighted by molar-refractivity contribution is 5.50. The van der Waals surface area contributed by atoms with E-state index >= 15 is 0 Å². The number of hydrogen-bond acceptors (Lipinski definition) is 2. The second-order valence-electron chi connectivity index (χ2n) is 4.84. The molecule has 0 aliphatic rings. The fraction of sp³-hybridized carbons (Fsp3) is 0.417. The first-order valence-electron chi connectivity index (χ1n) is 4.96. The highest BCUT2D eigenvalue weighted by Crippen LogP contribution is 2.22. The minimum Gasteiger partial charge on any atom is -0.380 e. The summed E-state index contributed by atoms with van der Waals surface area (Å²) in [6, 6.07) is 3.74. The molecule has 86 valence electrons. The molecule has 0 aromatic heterocycles. The minimum atomic E-state index is -0.735. The molecule has 16 heavy (non-hydrogen) atoms. The van der Waals surface area contributed by atoms with Crippen LogP contribution in [0.3, 0.4) is 0 Å². The van der Waals surface area contributed by atoms with E-state index in [9.17, 15) is 8.78 Å². The van der Waals surface area contributed by atoms with E-state index in [4.69, 9.17) is 5.26 Å². The Bertz CT molecular complexity index is 405. The number of nitrogens with one attached hydrogen (secondary N) is 1. The van der Waals surface area contributed by atoms with Gasteiger partial charge in [-0.05, 0) is 17.5 Å². The van der Waals surface area contributed by atoms with Crippen molar-refractivity contribution in [1.82, 2.24) is 0 Å². The van der Waals surface area contributed by atoms with Crippen LogP contribution in [-0.4, -0.2) is 6.54 Å². The zero-order valence-electron chi connectivity index (χ0n) is 9.56. The van der Waals surface area contributed by atoms with Gasteiger partial charge in [0, 0.05) is 6.54 Å². The largest absolute Gasteiger partial charge is 0.380 e. The van der Waals surface area contributed by atoms with Gasteiger partial charge in [0.15, 0.2) is 11.6 Å². The molecule has 2 nitrogen and oxygen atoms in total. The fourth-order valence-corrected chi connectivity index (χ4v) is 1.16. The van der Waals surface area contributed by atoms with Crippen molar-refractivity contribution in [1.29, 1.82) is 5.26 Å². The first-order valence-corrected chi connectivity index (χ1v) is 4.96. The molecule has 4 heteroatoms. The molecule has 0 saturated heterocycles. The number of rotatable bonds is 2. The predicted molar refractivity (Wildman–Crippen MR) is 59.0 cm³/mol. The van der Waals surface area contributed by atoms with Crippen LogP contribution < -0.4 is 5.32 Å². The van der Waals surface area contributed by atoms with Gasteiger partial charge in [0.1, 0.15) is 5.69 Å². The molecular weight excluding hydrogens is 210 g/mol. The van der Waals surface area contributed by atoms with Crippen LogP contribution in [0, 0.1) is 28.4 Å². The number of benzene rings is 1. The van der Waals surface area contributed by atoms with E-state index in [0.717, 1.165) is 12.1 Å². The van der Waals surface area contributed by atoms with E-state index in [1.807, 2.05) is 20.8 Å². The van der Waals surface area contributed by atoms with Crippen LogP contribution in [0.2, 0.25) is 0 Å². The Balaban J connectivity index is 2.94. The predicted octanol–water partition coefficient (Wildman–Crippen LogP) is 3.29. The van der Waals surface area contributed by atoms with Gasteiger partial charge in [0.25, 0.3) is 0 Å². The van der Waals surface area contributed by atoms with E-state index in [-0.39, 0.29) is 16.7 Å². The second-order valence-corrected chi connectivity index (χ2v) is 4.84. The summed E-state index contributed by atoms with van der Waals surface area (Å²) in [5.74, 6) is -1.47. The molecule has 1 rings (SSSR count). The maximum Gasteiger partial charge on any atom is 0.150 e. The Morgan fingerprint density at radius 2 is 1.75 bits per heavy atom. The lowest BCUT2D eigenvalue weighted by Crippen LogP contribution is -2.20. The number of nitriles is 1. The van der Waals surface area contributed by atoms with Gasteiger partial charge in [-0.15, -0.1) is 0 Å². The second kappa shape index (κ2) is 4.48. The molecule has 1 aromatic carbocycles. The van der Waals surface area contributed by atoms with Crippen molar-refractivity contribution in [3.63, 3.8) is 0 Å². The van der Waals surface area contributed by atoms with E-state index in [1.54, 1.807) is 6.07 Å². The lowest BCUT2D eigenvalue weighted by molar-refractivity contribution is 0.440. The molecule has 0 bridgehead atoms. The van der Waals surface area contributed by atoms with Crippen LogP contribution in [0.1, 0.15) is 26.3 Å². The zero-order valence-corrected chi connectivity index (χ0v) is 9.56. The monoisotopic (exact) mass is 224 g/mol. The molecule has 0 heterocycles. The van der Waals surface area contributed by atoms with E-state index < -0.39 is 11.6 Å². The Hall–Kier alpha value is -1.63. The lowest BCUT2D eigenvalue weighted by Gasteiger charge is -2.20. The fourth-order valence-electron chi connectivity index (χ4n) is 1.16. The summed E-state index contributed by atoms with van der Waals surface area (Å²) in [7, 11) is 0. The van der Waals surface area contributed by atoms with Crippen LogP contribution >= 0.6 is 0 Å². The Kier molecular flexibility index (Phi) is 3.48. The summed E-state index contributed by atoms with van der Waals surface area (Å²) in [5.41, 5.74) is -0.266. The lowest BCUT2D eigenvalue weighted by atomic mass is 9.97. The van der Waals surface area contributed by atoms with Crippen molar-refractivity contribution in [3.8, 4) is 6.07 Å². The van der Waals surface area contributed by atoms with Crippen molar-refractivity contribution in [2.45, 2.75) is 20.8 Å². The number of nitrogens with zero attached hydrogens (tertiary/aromatic N) is 1. The summed E-state index contributed by atoms with van der Waals surface area (Å²) in [4.78, 5) is 0. The van der Waals surface area contributed by atoms with Crippen molar-refractivity contribution in [2.24, 2.45) is 5.41 Å². The average molecular weight is 224 g/mol. The van der Waals surface area contributed by atoms with Gasteiger partial charge in [-0.3, -0.25) is 0 Å². The van der Waals surface area contributed by atoms with Gasteiger partial charge in [-0.2, -0.15) is 5.26 Å². The molecule has 0 amide bonds. The third kappa shape index (κ3) is 3.20. The maximum atomic E-state index is 13.4. The van der Waals surface area contributed by atoms with Crippen LogP contribution in [0.25, 0.3) is 0 Å². The maximum absolute atomic E-state index is 13.4. The summed E-state index contributed by atoms with van der Waals surface area (Å²) >= 11 is 0. The Morgan fingerprint density at radius 3 is 2.12 bits per heavy atom. The number of anilines is 1. The van der Waals surface area contributed by atoms with Gasteiger partial charge in [0.2, 0.25) is 0 Å². The molecule has 0 saturated carbocycles. The van der Waals surface area contributed by atoms with Crippen LogP contribution in [0.4, 0.5) is 14.5 Å². The highest BCUT2D eigenvalue weighted by atomic mass is 19.1. The molecule has 1 N–H and O–H groups in total. The Labute approximate surface area is 93.9 Å². The first kappa shape index (κ1) is 12.4. The third-order valence-corrected chi connectivity index (χ3v) is 1.97. The van der Waals surface area contributed by atoms with Crippen molar-refractivity contribution in [3.05, 3.63) is 29.3 Å². The quantitative estimate of drug-likeness (QED) is 0.836. The van der Waals surface area contributed by atoms with Gasteiger partial charge < -0.3 is 5.32 Å². The van der Waals surface area contributed by atoms with Gasteiger partial charge >= 0.3 is 0 Å². The smallest absolute Gasteiger partial charge is 0.150 e. The molecule has 0 radical (unpaired) electrons. The topological polar surface area (TPSA) is 35.8 Å². The van der Waals surface area contributed by atoms with Gasteiger partial charge in [0.05, 0.1) is 11.6 Å². The van der Waals surface area contributed by atoms with Crippen LogP contribution in [-0.2, 0) is 0 Å². The minimum absolute atomic E-state index is 0.0173. The van der Waals surface area contributed by atoms with Crippen molar-refractivity contribution in [2.75, 3.05) is 11.9 Å². The van der Waals surface area contributed by atoms with Crippen molar-refractivity contribution < 1.29 is 8.78 Å². The highest BCUT2D eigenvalue weighted by Gasteiger charge is 2.15. The molecule has 0 aliphatic carbocycles. The van der Waals surface area contributed by atoms with Crippen LogP contribution in [0.15, 0.2) is 12.1 Å². The summed E-state index contributed by atoms with van der Waals surface area (Å²) < 4.78 is 26.8. The first-order chi connectivity index (χ1) is 7.33. The van der Waals surface area contributed by atoms with E-state index in [0.29, 0.717) is 6.54 Å². The molecule has 0 aliphatic heterocycles.